The molecule has 0 fully saturated rings. The van der Waals surface area contributed by atoms with Crippen LogP contribution in [-0.4, -0.2) is 36.9 Å². The zero-order valence-electron chi connectivity index (χ0n) is 16.7. The van der Waals surface area contributed by atoms with E-state index in [9.17, 15) is 9.59 Å². The molecule has 1 aliphatic rings. The molecule has 0 aliphatic heterocycles. The number of hydrogen-bond acceptors (Lipinski definition) is 2. The summed E-state index contributed by atoms with van der Waals surface area (Å²) in [6, 6.07) is 23.3. The largest absolute Gasteiger partial charge is 0.347 e. The summed E-state index contributed by atoms with van der Waals surface area (Å²) in [7, 11) is 3.41. The predicted octanol–water partition coefficient (Wildman–Crippen LogP) is 3.69. The highest BCUT2D eigenvalue weighted by molar-refractivity contribution is 5.98. The molecule has 4 rings (SSSR count). The molecule has 0 heterocycles. The summed E-state index contributed by atoms with van der Waals surface area (Å²) in [6.45, 7) is 0. The second-order valence-corrected chi connectivity index (χ2v) is 7.65. The highest BCUT2D eigenvalue weighted by Crippen LogP contribution is 2.36. The van der Waals surface area contributed by atoms with E-state index >= 15 is 0 Å². The molecule has 0 spiro atoms. The fourth-order valence-electron chi connectivity index (χ4n) is 3.89. The summed E-state index contributed by atoms with van der Waals surface area (Å²) in [5.41, 5.74) is 6.45. The predicted molar refractivity (Wildman–Crippen MR) is 115 cm³/mol. The minimum absolute atomic E-state index is 0.115. The Morgan fingerprint density at radius 3 is 2.34 bits per heavy atom. The minimum Gasteiger partial charge on any atom is -0.347 e. The summed E-state index contributed by atoms with van der Waals surface area (Å²) < 4.78 is 0. The third-order valence-corrected chi connectivity index (χ3v) is 5.38. The van der Waals surface area contributed by atoms with Crippen molar-refractivity contribution in [2.24, 2.45) is 0 Å². The molecule has 0 aromatic heterocycles. The van der Waals surface area contributed by atoms with Crippen molar-refractivity contribution in [1.29, 1.82) is 0 Å². The van der Waals surface area contributed by atoms with Crippen LogP contribution in [0.25, 0.3) is 11.1 Å². The van der Waals surface area contributed by atoms with Crippen molar-refractivity contribution < 1.29 is 9.59 Å². The molecular weight excluding hydrogens is 360 g/mol. The number of hydrogen-bond donors (Lipinski definition) is 1. The van der Waals surface area contributed by atoms with E-state index in [1.54, 1.807) is 14.1 Å². The second kappa shape index (κ2) is 7.92. The number of likely N-dealkylation sites (N-methyl/N-ethyl adjacent to an activating group) is 1. The van der Waals surface area contributed by atoms with Crippen LogP contribution >= 0.6 is 0 Å². The fourth-order valence-corrected chi connectivity index (χ4v) is 3.89. The van der Waals surface area contributed by atoms with Crippen molar-refractivity contribution in [2.45, 2.75) is 18.9 Å². The van der Waals surface area contributed by atoms with Gasteiger partial charge in [0.2, 0.25) is 5.91 Å². The Labute approximate surface area is 171 Å². The molecule has 1 unspecified atom stereocenters. The van der Waals surface area contributed by atoms with Crippen molar-refractivity contribution in [1.82, 2.24) is 10.2 Å². The Morgan fingerprint density at radius 1 is 0.897 bits per heavy atom. The number of nitrogens with one attached hydrogen (secondary N) is 1. The molecule has 4 nitrogen and oxygen atoms in total. The Balaban J connectivity index is 1.55. The molecule has 0 saturated carbocycles. The number of amides is 2. The van der Waals surface area contributed by atoms with Crippen LogP contribution in [0.3, 0.4) is 0 Å². The SMILES string of the molecule is CN(C)C(=O)C(Cc1ccccc1)NC(=O)c1ccc2c(c1)Cc1ccccc1-2. The van der Waals surface area contributed by atoms with Crippen molar-refractivity contribution >= 4 is 11.8 Å². The summed E-state index contributed by atoms with van der Waals surface area (Å²) >= 11 is 0. The van der Waals surface area contributed by atoms with Gasteiger partial charge in [-0.25, -0.2) is 0 Å². The van der Waals surface area contributed by atoms with Gasteiger partial charge in [-0.1, -0.05) is 60.7 Å². The average Bonchev–Trinajstić information content (AvgIpc) is 3.11. The molecule has 4 heteroatoms. The van der Waals surface area contributed by atoms with Crippen molar-refractivity contribution in [3.05, 3.63) is 95.1 Å². The molecule has 0 radical (unpaired) electrons. The van der Waals surface area contributed by atoms with Crippen molar-refractivity contribution in [3.8, 4) is 11.1 Å². The Kier molecular flexibility index (Phi) is 5.17. The van der Waals surface area contributed by atoms with E-state index < -0.39 is 6.04 Å². The molecular formula is C25H24N2O2. The van der Waals surface area contributed by atoms with Gasteiger partial charge in [0.25, 0.3) is 5.91 Å². The van der Waals surface area contributed by atoms with Crippen LogP contribution in [0, 0.1) is 0 Å². The molecule has 1 aliphatic carbocycles. The molecule has 1 N–H and O–H groups in total. The van der Waals surface area contributed by atoms with Gasteiger partial charge in [0, 0.05) is 26.1 Å². The maximum absolute atomic E-state index is 13.0. The quantitative estimate of drug-likeness (QED) is 0.571. The van der Waals surface area contributed by atoms with E-state index in [-0.39, 0.29) is 11.8 Å². The van der Waals surface area contributed by atoms with Crippen LogP contribution in [0.15, 0.2) is 72.8 Å². The lowest BCUT2D eigenvalue weighted by Gasteiger charge is -2.22. The van der Waals surface area contributed by atoms with E-state index in [2.05, 4.69) is 17.4 Å². The van der Waals surface area contributed by atoms with Crippen LogP contribution in [0.4, 0.5) is 0 Å². The Morgan fingerprint density at radius 2 is 1.59 bits per heavy atom. The maximum atomic E-state index is 13.0. The van der Waals surface area contributed by atoms with Gasteiger partial charge in [-0.3, -0.25) is 9.59 Å². The first kappa shape index (κ1) is 18.9. The van der Waals surface area contributed by atoms with Crippen LogP contribution in [0.1, 0.15) is 27.0 Å². The van der Waals surface area contributed by atoms with Gasteiger partial charge in [0.05, 0.1) is 0 Å². The number of fused-ring (bicyclic) bond motifs is 3. The lowest BCUT2D eigenvalue weighted by atomic mass is 10.0. The van der Waals surface area contributed by atoms with E-state index in [0.717, 1.165) is 17.5 Å². The third kappa shape index (κ3) is 3.92. The fraction of sp³-hybridized carbons (Fsp3) is 0.200. The van der Waals surface area contributed by atoms with Crippen LogP contribution < -0.4 is 5.32 Å². The maximum Gasteiger partial charge on any atom is 0.251 e. The molecule has 0 saturated heterocycles. The van der Waals surface area contributed by atoms with E-state index in [4.69, 9.17) is 0 Å². The van der Waals surface area contributed by atoms with Gasteiger partial charge in [-0.15, -0.1) is 0 Å². The van der Waals surface area contributed by atoms with Gasteiger partial charge >= 0.3 is 0 Å². The first-order valence-electron chi connectivity index (χ1n) is 9.80. The smallest absolute Gasteiger partial charge is 0.251 e. The topological polar surface area (TPSA) is 49.4 Å². The number of carbonyl (C=O) groups is 2. The van der Waals surface area contributed by atoms with Crippen LogP contribution in [-0.2, 0) is 17.6 Å². The summed E-state index contributed by atoms with van der Waals surface area (Å²) in [5.74, 6) is -0.337. The number of rotatable bonds is 5. The molecule has 0 bridgehead atoms. The molecule has 1 atom stereocenters. The van der Waals surface area contributed by atoms with E-state index in [0.29, 0.717) is 12.0 Å². The van der Waals surface area contributed by atoms with Gasteiger partial charge in [-0.2, -0.15) is 0 Å². The molecule has 146 valence electrons. The van der Waals surface area contributed by atoms with Crippen LogP contribution in [0.5, 0.6) is 0 Å². The molecule has 3 aromatic rings. The summed E-state index contributed by atoms with van der Waals surface area (Å²) in [4.78, 5) is 27.1. The van der Waals surface area contributed by atoms with Gasteiger partial charge in [0.1, 0.15) is 6.04 Å². The standard InChI is InChI=1S/C25H24N2O2/c1-27(2)25(29)23(14-17-8-4-3-5-9-17)26-24(28)19-12-13-22-20(16-19)15-18-10-6-7-11-21(18)22/h3-13,16,23H,14-15H2,1-2H3,(H,26,28). The number of nitrogens with zero attached hydrogens (tertiary/aromatic N) is 1. The Hall–Kier alpha value is -3.40. The Bertz CT molecular complexity index is 1060. The zero-order chi connectivity index (χ0) is 20.4. The molecule has 2 amide bonds. The minimum atomic E-state index is -0.606. The highest BCUT2D eigenvalue weighted by Gasteiger charge is 2.25. The van der Waals surface area contributed by atoms with Gasteiger partial charge in [0.15, 0.2) is 0 Å². The van der Waals surface area contributed by atoms with E-state index in [1.807, 2.05) is 60.7 Å². The van der Waals surface area contributed by atoms with Crippen LogP contribution in [0.2, 0.25) is 0 Å². The van der Waals surface area contributed by atoms with Gasteiger partial charge < -0.3 is 10.2 Å². The third-order valence-electron chi connectivity index (χ3n) is 5.38. The lowest BCUT2D eigenvalue weighted by Crippen LogP contribution is -2.47. The number of carbonyl (C=O) groups excluding carboxylic acids is 2. The second-order valence-electron chi connectivity index (χ2n) is 7.65. The highest BCUT2D eigenvalue weighted by atomic mass is 16.2. The molecule has 3 aromatic carbocycles. The van der Waals surface area contributed by atoms with Crippen molar-refractivity contribution in [3.63, 3.8) is 0 Å². The summed E-state index contributed by atoms with van der Waals surface area (Å²) in [6.07, 6.45) is 1.29. The first-order chi connectivity index (χ1) is 14.0. The normalized spacial score (nSPS) is 12.6. The monoisotopic (exact) mass is 384 g/mol. The average molecular weight is 384 g/mol. The van der Waals surface area contributed by atoms with Gasteiger partial charge in [-0.05, 0) is 46.4 Å². The lowest BCUT2D eigenvalue weighted by molar-refractivity contribution is -0.130. The zero-order valence-corrected chi connectivity index (χ0v) is 16.7. The number of benzene rings is 3. The molecule has 29 heavy (non-hydrogen) atoms. The van der Waals surface area contributed by atoms with E-state index in [1.165, 1.54) is 21.6 Å². The first-order valence-corrected chi connectivity index (χ1v) is 9.80. The van der Waals surface area contributed by atoms with Crippen molar-refractivity contribution in [2.75, 3.05) is 14.1 Å². The summed E-state index contributed by atoms with van der Waals surface area (Å²) in [5, 5.41) is 2.95.